The fourth-order valence-electron chi connectivity index (χ4n) is 1.71. The summed E-state index contributed by atoms with van der Waals surface area (Å²) >= 11 is 0. The third kappa shape index (κ3) is 2.21. The first-order valence-electron chi connectivity index (χ1n) is 4.68. The molecule has 13 heavy (non-hydrogen) atoms. The van der Waals surface area contributed by atoms with E-state index in [1.165, 1.54) is 13.0 Å². The highest BCUT2D eigenvalue weighted by molar-refractivity contribution is 5.10. The van der Waals surface area contributed by atoms with Crippen LogP contribution in [0.2, 0.25) is 0 Å². The molecule has 1 aliphatic heterocycles. The van der Waals surface area contributed by atoms with Gasteiger partial charge >= 0.3 is 0 Å². The van der Waals surface area contributed by atoms with Crippen molar-refractivity contribution in [3.8, 4) is 5.75 Å². The van der Waals surface area contributed by atoms with Gasteiger partial charge in [-0.3, -0.25) is 5.10 Å². The lowest BCUT2D eigenvalue weighted by molar-refractivity contribution is 0.104. The highest BCUT2D eigenvalue weighted by atomic mass is 16.5. The zero-order valence-corrected chi connectivity index (χ0v) is 7.86. The van der Waals surface area contributed by atoms with Crippen molar-refractivity contribution in [3.05, 3.63) is 12.4 Å². The van der Waals surface area contributed by atoms with Crippen molar-refractivity contribution < 1.29 is 4.74 Å². The molecule has 72 valence electrons. The second kappa shape index (κ2) is 3.79. The summed E-state index contributed by atoms with van der Waals surface area (Å²) in [5.41, 5.74) is 0. The Kier molecular flexibility index (Phi) is 2.49. The molecule has 0 spiro atoms. The minimum absolute atomic E-state index is 0.330. The Bertz CT molecular complexity index is 247. The lowest BCUT2D eigenvalue weighted by Gasteiger charge is -2.29. The molecular formula is C9H15N3O. The van der Waals surface area contributed by atoms with Crippen LogP contribution in [0.1, 0.15) is 12.8 Å². The van der Waals surface area contributed by atoms with E-state index in [0.29, 0.717) is 6.10 Å². The summed E-state index contributed by atoms with van der Waals surface area (Å²) in [6.07, 6.45) is 6.20. The Morgan fingerprint density at radius 2 is 2.62 bits per heavy atom. The summed E-state index contributed by atoms with van der Waals surface area (Å²) in [6.45, 7) is 2.20. The van der Waals surface area contributed by atoms with Gasteiger partial charge in [-0.2, -0.15) is 5.10 Å². The van der Waals surface area contributed by atoms with E-state index in [4.69, 9.17) is 4.74 Å². The van der Waals surface area contributed by atoms with Crippen LogP contribution < -0.4 is 4.74 Å². The Morgan fingerprint density at radius 3 is 3.31 bits per heavy atom. The standard InChI is InChI=1S/C9H15N3O/c1-12-4-2-3-8(7-12)13-9-5-10-11-6-9/h5-6,8H,2-4,7H2,1H3,(H,10,11). The van der Waals surface area contributed by atoms with Gasteiger partial charge < -0.3 is 9.64 Å². The molecule has 1 unspecified atom stereocenters. The third-order valence-corrected chi connectivity index (χ3v) is 2.36. The Morgan fingerprint density at radius 1 is 1.69 bits per heavy atom. The molecule has 0 radical (unpaired) electrons. The van der Waals surface area contributed by atoms with Crippen LogP contribution in [0.15, 0.2) is 12.4 Å². The van der Waals surface area contributed by atoms with Crippen molar-refractivity contribution in [3.63, 3.8) is 0 Å². The molecule has 1 aromatic heterocycles. The molecule has 1 fully saturated rings. The van der Waals surface area contributed by atoms with Crippen molar-refractivity contribution in [2.75, 3.05) is 20.1 Å². The van der Waals surface area contributed by atoms with Crippen molar-refractivity contribution in [1.29, 1.82) is 0 Å². The molecule has 2 rings (SSSR count). The minimum atomic E-state index is 0.330. The number of H-pyrrole nitrogens is 1. The van der Waals surface area contributed by atoms with Crippen molar-refractivity contribution in [2.45, 2.75) is 18.9 Å². The van der Waals surface area contributed by atoms with Crippen LogP contribution in [0.4, 0.5) is 0 Å². The molecule has 1 atom stereocenters. The molecule has 1 saturated heterocycles. The van der Waals surface area contributed by atoms with Crippen LogP contribution in [0, 0.1) is 0 Å². The average Bonchev–Trinajstić information content (AvgIpc) is 2.57. The third-order valence-electron chi connectivity index (χ3n) is 2.36. The summed E-state index contributed by atoms with van der Waals surface area (Å²) in [5.74, 6) is 0.848. The van der Waals surface area contributed by atoms with Crippen molar-refractivity contribution >= 4 is 0 Å². The normalized spacial score (nSPS) is 24.5. The maximum absolute atomic E-state index is 5.73. The van der Waals surface area contributed by atoms with E-state index in [0.717, 1.165) is 18.7 Å². The number of hydrogen-bond donors (Lipinski definition) is 1. The number of likely N-dealkylation sites (N-methyl/N-ethyl adjacent to an activating group) is 1. The van der Waals surface area contributed by atoms with Crippen LogP contribution in [-0.4, -0.2) is 41.3 Å². The van der Waals surface area contributed by atoms with Gasteiger partial charge in [-0.15, -0.1) is 0 Å². The van der Waals surface area contributed by atoms with E-state index in [-0.39, 0.29) is 0 Å². The van der Waals surface area contributed by atoms with Gasteiger partial charge in [0.05, 0.1) is 12.4 Å². The molecule has 1 aromatic rings. The molecule has 0 amide bonds. The van der Waals surface area contributed by atoms with Crippen molar-refractivity contribution in [1.82, 2.24) is 15.1 Å². The van der Waals surface area contributed by atoms with Gasteiger partial charge in [0.1, 0.15) is 6.10 Å². The topological polar surface area (TPSA) is 41.1 Å². The fraction of sp³-hybridized carbons (Fsp3) is 0.667. The molecule has 0 aromatic carbocycles. The molecular weight excluding hydrogens is 166 g/mol. The summed E-state index contributed by atoms with van der Waals surface area (Å²) in [7, 11) is 2.13. The van der Waals surface area contributed by atoms with E-state index in [1.54, 1.807) is 12.4 Å². The fourth-order valence-corrected chi connectivity index (χ4v) is 1.71. The van der Waals surface area contributed by atoms with Gasteiger partial charge in [-0.1, -0.05) is 0 Å². The molecule has 4 nitrogen and oxygen atoms in total. The number of aromatic nitrogens is 2. The van der Waals surface area contributed by atoms with Gasteiger partial charge in [0, 0.05) is 6.54 Å². The summed E-state index contributed by atoms with van der Waals surface area (Å²) in [5, 5.41) is 6.59. The number of rotatable bonds is 2. The molecule has 0 bridgehead atoms. The van der Waals surface area contributed by atoms with E-state index in [1.807, 2.05) is 0 Å². The lowest BCUT2D eigenvalue weighted by atomic mass is 10.1. The van der Waals surface area contributed by atoms with E-state index in [2.05, 4.69) is 22.1 Å². The molecule has 4 heteroatoms. The molecule has 1 N–H and O–H groups in total. The Hall–Kier alpha value is -1.03. The SMILES string of the molecule is CN1CCCC(Oc2cn[nH]c2)C1. The zero-order chi connectivity index (χ0) is 9.10. The Balaban J connectivity index is 1.87. The first-order chi connectivity index (χ1) is 6.34. The number of aromatic amines is 1. The number of piperidine rings is 1. The average molecular weight is 181 g/mol. The predicted octanol–water partition coefficient (Wildman–Crippen LogP) is 0.883. The van der Waals surface area contributed by atoms with Crippen LogP contribution in [-0.2, 0) is 0 Å². The first kappa shape index (κ1) is 8.56. The smallest absolute Gasteiger partial charge is 0.157 e. The molecule has 0 saturated carbocycles. The van der Waals surface area contributed by atoms with Gasteiger partial charge in [-0.25, -0.2) is 0 Å². The maximum atomic E-state index is 5.73. The van der Waals surface area contributed by atoms with E-state index >= 15 is 0 Å². The lowest BCUT2D eigenvalue weighted by Crippen LogP contribution is -2.38. The molecule has 2 heterocycles. The summed E-state index contributed by atoms with van der Waals surface area (Å²) in [6, 6.07) is 0. The minimum Gasteiger partial charge on any atom is -0.486 e. The number of likely N-dealkylation sites (tertiary alicyclic amines) is 1. The summed E-state index contributed by atoms with van der Waals surface area (Å²) < 4.78 is 5.73. The quantitative estimate of drug-likeness (QED) is 0.736. The number of nitrogens with one attached hydrogen (secondary N) is 1. The van der Waals surface area contributed by atoms with Crippen LogP contribution in [0.3, 0.4) is 0 Å². The van der Waals surface area contributed by atoms with Gasteiger partial charge in [0.15, 0.2) is 5.75 Å². The van der Waals surface area contributed by atoms with E-state index < -0.39 is 0 Å². The van der Waals surface area contributed by atoms with Gasteiger partial charge in [0.25, 0.3) is 0 Å². The van der Waals surface area contributed by atoms with Crippen LogP contribution in [0.5, 0.6) is 5.75 Å². The number of ether oxygens (including phenoxy) is 1. The van der Waals surface area contributed by atoms with Crippen molar-refractivity contribution in [2.24, 2.45) is 0 Å². The maximum Gasteiger partial charge on any atom is 0.157 e. The molecule has 1 aliphatic rings. The van der Waals surface area contributed by atoms with Gasteiger partial charge in [-0.05, 0) is 26.4 Å². The van der Waals surface area contributed by atoms with E-state index in [9.17, 15) is 0 Å². The second-order valence-corrected chi connectivity index (χ2v) is 3.58. The van der Waals surface area contributed by atoms with Crippen LogP contribution in [0.25, 0.3) is 0 Å². The zero-order valence-electron chi connectivity index (χ0n) is 7.86. The Labute approximate surface area is 77.9 Å². The van der Waals surface area contributed by atoms with Gasteiger partial charge in [0.2, 0.25) is 0 Å². The van der Waals surface area contributed by atoms with Crippen LogP contribution >= 0.6 is 0 Å². The highest BCUT2D eigenvalue weighted by Gasteiger charge is 2.18. The highest BCUT2D eigenvalue weighted by Crippen LogP contribution is 2.15. The largest absolute Gasteiger partial charge is 0.486 e. The number of nitrogens with zero attached hydrogens (tertiary/aromatic N) is 2. The molecule has 0 aliphatic carbocycles. The predicted molar refractivity (Wildman–Crippen MR) is 49.7 cm³/mol. The number of hydrogen-bond acceptors (Lipinski definition) is 3. The first-order valence-corrected chi connectivity index (χ1v) is 4.68. The summed E-state index contributed by atoms with van der Waals surface area (Å²) in [4.78, 5) is 2.30. The second-order valence-electron chi connectivity index (χ2n) is 3.58. The monoisotopic (exact) mass is 181 g/mol.